The van der Waals surface area contributed by atoms with Crippen molar-refractivity contribution in [2.75, 3.05) is 0 Å². The maximum absolute atomic E-state index is 10.9. The van der Waals surface area contributed by atoms with Crippen molar-refractivity contribution in [1.82, 2.24) is 4.31 Å². The molecule has 0 bridgehead atoms. The van der Waals surface area contributed by atoms with Crippen LogP contribution >= 0.6 is 0 Å². The van der Waals surface area contributed by atoms with Crippen LogP contribution in [0.3, 0.4) is 0 Å². The van der Waals surface area contributed by atoms with E-state index in [0.717, 1.165) is 4.31 Å². The quantitative estimate of drug-likeness (QED) is 0.582. The molecule has 6 heteroatoms. The van der Waals surface area contributed by atoms with Gasteiger partial charge >= 0.3 is 6.09 Å². The van der Waals surface area contributed by atoms with Gasteiger partial charge in [-0.05, 0) is 13.8 Å². The Bertz CT molecular complexity index is 207. The molecule has 3 atom stereocenters. The van der Waals surface area contributed by atoms with E-state index in [-0.39, 0.29) is 12.1 Å². The Kier molecular flexibility index (Phi) is 2.15. The number of carboxylic acid groups (broad SMARTS) is 1. The molecule has 5 nitrogen and oxygen atoms in total. The van der Waals surface area contributed by atoms with Crippen molar-refractivity contribution in [2.45, 2.75) is 26.0 Å². The van der Waals surface area contributed by atoms with Crippen LogP contribution in [0.15, 0.2) is 0 Å². The highest BCUT2D eigenvalue weighted by molar-refractivity contribution is 7.78. The topological polar surface area (TPSA) is 66.8 Å². The van der Waals surface area contributed by atoms with Gasteiger partial charge in [-0.2, -0.15) is 4.31 Å². The molecule has 0 spiro atoms. The molecular weight excluding hydrogens is 170 g/mol. The lowest BCUT2D eigenvalue weighted by atomic mass is 10.2. The van der Waals surface area contributed by atoms with Gasteiger partial charge in [0.05, 0.1) is 12.1 Å². The Morgan fingerprint density at radius 1 is 1.64 bits per heavy atom. The summed E-state index contributed by atoms with van der Waals surface area (Å²) in [5.41, 5.74) is 0. The summed E-state index contributed by atoms with van der Waals surface area (Å²) in [7, 11) is 0. The van der Waals surface area contributed by atoms with Crippen LogP contribution < -0.4 is 0 Å². The van der Waals surface area contributed by atoms with Gasteiger partial charge in [-0.1, -0.05) is 0 Å². The summed E-state index contributed by atoms with van der Waals surface area (Å²) in [6, 6.07) is -0.340. The van der Waals surface area contributed by atoms with Crippen LogP contribution in [0.4, 0.5) is 4.79 Å². The average molecular weight is 179 g/mol. The fourth-order valence-electron chi connectivity index (χ4n) is 0.821. The molecule has 1 fully saturated rings. The van der Waals surface area contributed by atoms with E-state index in [0.29, 0.717) is 0 Å². The van der Waals surface area contributed by atoms with Crippen LogP contribution in [0.25, 0.3) is 0 Å². The molecule has 3 unspecified atom stereocenters. The molecule has 1 heterocycles. The van der Waals surface area contributed by atoms with Crippen molar-refractivity contribution in [3.05, 3.63) is 0 Å². The van der Waals surface area contributed by atoms with Gasteiger partial charge < -0.3 is 5.11 Å². The SMILES string of the molecule is CC1OS(=O)N(C(=O)O)C1C. The lowest BCUT2D eigenvalue weighted by Gasteiger charge is -2.13. The van der Waals surface area contributed by atoms with E-state index >= 15 is 0 Å². The fraction of sp³-hybridized carbons (Fsp3) is 0.800. The second kappa shape index (κ2) is 2.78. The first kappa shape index (κ1) is 8.48. The fourth-order valence-corrected chi connectivity index (χ4v) is 1.90. The van der Waals surface area contributed by atoms with Crippen LogP contribution in [0.2, 0.25) is 0 Å². The van der Waals surface area contributed by atoms with Crippen LogP contribution in [0, 0.1) is 0 Å². The summed E-state index contributed by atoms with van der Waals surface area (Å²) in [6.07, 6.45) is -1.51. The van der Waals surface area contributed by atoms with E-state index in [1.807, 2.05) is 0 Å². The molecule has 0 aliphatic carbocycles. The molecule has 1 saturated heterocycles. The highest BCUT2D eigenvalue weighted by atomic mass is 32.2. The van der Waals surface area contributed by atoms with E-state index in [4.69, 9.17) is 9.29 Å². The molecule has 0 aromatic carbocycles. The zero-order valence-electron chi connectivity index (χ0n) is 6.18. The number of carbonyl (C=O) groups is 1. The summed E-state index contributed by atoms with van der Waals surface area (Å²) >= 11 is -1.82. The number of rotatable bonds is 0. The van der Waals surface area contributed by atoms with Gasteiger partial charge in [-0.3, -0.25) is 4.18 Å². The largest absolute Gasteiger partial charge is 0.464 e. The van der Waals surface area contributed by atoms with Crippen LogP contribution in [-0.2, 0) is 15.4 Å². The first-order chi connectivity index (χ1) is 5.04. The zero-order chi connectivity index (χ0) is 8.59. The molecule has 0 aromatic heterocycles. The van der Waals surface area contributed by atoms with Gasteiger partial charge in [-0.25, -0.2) is 9.00 Å². The predicted molar refractivity (Wildman–Crippen MR) is 38.0 cm³/mol. The first-order valence-electron chi connectivity index (χ1n) is 3.15. The Labute approximate surface area is 66.7 Å². The molecule has 1 aliphatic rings. The van der Waals surface area contributed by atoms with E-state index in [9.17, 15) is 9.00 Å². The van der Waals surface area contributed by atoms with Crippen molar-refractivity contribution < 1.29 is 18.3 Å². The Morgan fingerprint density at radius 3 is 2.36 bits per heavy atom. The second-order valence-electron chi connectivity index (χ2n) is 2.37. The number of hydrogen-bond acceptors (Lipinski definition) is 3. The molecule has 1 N–H and O–H groups in total. The van der Waals surface area contributed by atoms with Crippen LogP contribution in [0.1, 0.15) is 13.8 Å². The van der Waals surface area contributed by atoms with Gasteiger partial charge in [0.2, 0.25) is 0 Å². The van der Waals surface area contributed by atoms with Gasteiger partial charge in [0.25, 0.3) is 11.3 Å². The Balaban J connectivity index is 2.79. The van der Waals surface area contributed by atoms with Gasteiger partial charge in [0.15, 0.2) is 0 Å². The summed E-state index contributed by atoms with van der Waals surface area (Å²) < 4.78 is 16.4. The monoisotopic (exact) mass is 179 g/mol. The summed E-state index contributed by atoms with van der Waals surface area (Å²) in [5, 5.41) is 8.52. The summed E-state index contributed by atoms with van der Waals surface area (Å²) in [6.45, 7) is 3.34. The van der Waals surface area contributed by atoms with E-state index in [1.54, 1.807) is 13.8 Å². The standard InChI is InChI=1S/C5H9NO4S/c1-3-4(2)10-11(9)6(3)5(7)8/h3-4H,1-2H3,(H,7,8). The third-order valence-electron chi connectivity index (χ3n) is 1.63. The van der Waals surface area contributed by atoms with Crippen molar-refractivity contribution in [3.8, 4) is 0 Å². The average Bonchev–Trinajstić information content (AvgIpc) is 2.07. The van der Waals surface area contributed by atoms with Crippen molar-refractivity contribution >= 4 is 17.4 Å². The van der Waals surface area contributed by atoms with Crippen molar-refractivity contribution in [2.24, 2.45) is 0 Å². The second-order valence-corrected chi connectivity index (χ2v) is 3.39. The van der Waals surface area contributed by atoms with E-state index in [1.165, 1.54) is 0 Å². The lowest BCUT2D eigenvalue weighted by molar-refractivity contribution is 0.159. The minimum atomic E-state index is -1.82. The molecule has 11 heavy (non-hydrogen) atoms. The molecule has 1 rings (SSSR count). The van der Waals surface area contributed by atoms with E-state index < -0.39 is 17.4 Å². The first-order valence-corrected chi connectivity index (χ1v) is 4.18. The third kappa shape index (κ3) is 1.36. The van der Waals surface area contributed by atoms with Crippen molar-refractivity contribution in [1.29, 1.82) is 0 Å². The third-order valence-corrected chi connectivity index (χ3v) is 2.91. The van der Waals surface area contributed by atoms with Crippen LogP contribution in [-0.4, -0.2) is 31.9 Å². The van der Waals surface area contributed by atoms with Crippen molar-refractivity contribution in [3.63, 3.8) is 0 Å². The predicted octanol–water partition coefficient (Wildman–Crippen LogP) is 0.352. The highest BCUT2D eigenvalue weighted by Crippen LogP contribution is 2.20. The van der Waals surface area contributed by atoms with Gasteiger partial charge in [0.1, 0.15) is 0 Å². The molecule has 0 aromatic rings. The minimum Gasteiger partial charge on any atom is -0.464 e. The van der Waals surface area contributed by atoms with Gasteiger partial charge in [-0.15, -0.1) is 0 Å². The molecular formula is C5H9NO4S. The summed E-state index contributed by atoms with van der Waals surface area (Å²) in [4.78, 5) is 10.4. The van der Waals surface area contributed by atoms with Crippen LogP contribution in [0.5, 0.6) is 0 Å². The maximum atomic E-state index is 10.9. The molecule has 0 saturated carbocycles. The zero-order valence-corrected chi connectivity index (χ0v) is 7.00. The Hall–Kier alpha value is -0.620. The molecule has 1 aliphatic heterocycles. The lowest BCUT2D eigenvalue weighted by Crippen LogP contribution is -2.35. The van der Waals surface area contributed by atoms with Gasteiger partial charge in [0, 0.05) is 0 Å². The number of nitrogens with zero attached hydrogens (tertiary/aromatic N) is 1. The highest BCUT2D eigenvalue weighted by Gasteiger charge is 2.38. The number of hydrogen-bond donors (Lipinski definition) is 1. The smallest absolute Gasteiger partial charge is 0.421 e. The summed E-state index contributed by atoms with van der Waals surface area (Å²) in [5.74, 6) is 0. The van der Waals surface area contributed by atoms with E-state index in [2.05, 4.69) is 0 Å². The molecule has 64 valence electrons. The molecule has 0 radical (unpaired) electrons. The normalized spacial score (nSPS) is 37.6. The minimum absolute atomic E-state index is 0.299. The maximum Gasteiger partial charge on any atom is 0.421 e. The number of amides is 1. The molecule has 1 amide bonds. The Morgan fingerprint density at radius 2 is 2.18 bits per heavy atom.